The number of ether oxygens (including phenoxy) is 2. The number of aromatic nitrogens is 1. The molecule has 1 N–H and O–H groups in total. The molecule has 1 aliphatic heterocycles. The number of amides is 1. The molecule has 0 aliphatic carbocycles. The highest BCUT2D eigenvalue weighted by Gasteiger charge is 2.17. The average molecular weight is 486 g/mol. The number of hydrogen-bond donors (Lipinski definition) is 1. The first-order valence-corrected chi connectivity index (χ1v) is 11.8. The fourth-order valence-corrected chi connectivity index (χ4v) is 4.18. The highest BCUT2D eigenvalue weighted by molar-refractivity contribution is 6.33. The topological polar surface area (TPSA) is 72.8 Å². The van der Waals surface area contributed by atoms with Crippen LogP contribution in [0.5, 0.6) is 11.5 Å². The molecule has 35 heavy (non-hydrogen) atoms. The van der Waals surface area contributed by atoms with E-state index >= 15 is 0 Å². The van der Waals surface area contributed by atoms with Crippen molar-refractivity contribution in [2.24, 2.45) is 5.10 Å². The summed E-state index contributed by atoms with van der Waals surface area (Å²) in [5.74, 6) is 1.33. The summed E-state index contributed by atoms with van der Waals surface area (Å²) in [5, 5.41) is 5.33. The van der Waals surface area contributed by atoms with E-state index in [1.54, 1.807) is 18.2 Å². The number of para-hydroxylation sites is 1. The molecule has 4 aromatic rings. The fourth-order valence-electron chi connectivity index (χ4n) is 3.98. The molecule has 0 radical (unpaired) electrons. The lowest BCUT2D eigenvalue weighted by Crippen LogP contribution is -2.18. The Morgan fingerprint density at radius 1 is 1.11 bits per heavy atom. The van der Waals surface area contributed by atoms with Crippen molar-refractivity contribution in [3.8, 4) is 22.8 Å². The van der Waals surface area contributed by atoms with E-state index in [0.29, 0.717) is 33.6 Å². The normalized spacial score (nSPS) is 13.3. The number of fused-ring (bicyclic) bond motifs is 2. The number of carbonyl (C=O) groups excluding carboxylic acids is 1. The van der Waals surface area contributed by atoms with Crippen LogP contribution in [0.25, 0.3) is 22.2 Å². The fraction of sp³-hybridized carbons (Fsp3) is 0.179. The van der Waals surface area contributed by atoms with Crippen LogP contribution in [-0.4, -0.2) is 23.9 Å². The van der Waals surface area contributed by atoms with Gasteiger partial charge >= 0.3 is 0 Å². The van der Waals surface area contributed by atoms with Gasteiger partial charge in [0.2, 0.25) is 6.79 Å². The van der Waals surface area contributed by atoms with Crippen molar-refractivity contribution in [2.45, 2.75) is 26.2 Å². The zero-order valence-corrected chi connectivity index (χ0v) is 20.2. The molecule has 0 saturated heterocycles. The maximum Gasteiger partial charge on any atom is 0.272 e. The summed E-state index contributed by atoms with van der Waals surface area (Å²) >= 11 is 6.30. The molecule has 0 fully saturated rings. The number of hydrazone groups is 1. The number of nitrogens with one attached hydrogen (secondary N) is 1. The Bertz CT molecular complexity index is 1430. The Balaban J connectivity index is 1.43. The third-order valence-corrected chi connectivity index (χ3v) is 6.54. The minimum Gasteiger partial charge on any atom is -0.454 e. The van der Waals surface area contributed by atoms with Crippen LogP contribution >= 0.6 is 11.6 Å². The largest absolute Gasteiger partial charge is 0.454 e. The predicted molar refractivity (Wildman–Crippen MR) is 139 cm³/mol. The molecule has 3 aromatic carbocycles. The Hall–Kier alpha value is -3.90. The molecule has 1 amide bonds. The molecule has 1 aliphatic rings. The highest BCUT2D eigenvalue weighted by atomic mass is 35.5. The third-order valence-electron chi connectivity index (χ3n) is 6.21. The molecular formula is C28H24ClN3O3. The van der Waals surface area contributed by atoms with E-state index in [-0.39, 0.29) is 12.7 Å². The van der Waals surface area contributed by atoms with Gasteiger partial charge in [-0.25, -0.2) is 10.4 Å². The standard InChI is InChI=1S/C28H24ClN3O3/c1-3-17(2)18-8-10-19(11-9-18)25-13-22(21-6-4-5-7-24(21)31-25)28(33)32-30-15-20-12-26-27(14-23(20)29)35-16-34-26/h4-15,17H,3,16H2,1-2H3,(H,32,33)/t17-/m0/s1. The summed E-state index contributed by atoms with van der Waals surface area (Å²) in [6.45, 7) is 4.54. The number of carbonyl (C=O) groups is 1. The van der Waals surface area contributed by atoms with Gasteiger partial charge in [0.25, 0.3) is 5.91 Å². The molecule has 0 spiro atoms. The Morgan fingerprint density at radius 3 is 2.63 bits per heavy atom. The summed E-state index contributed by atoms with van der Waals surface area (Å²) in [7, 11) is 0. The molecule has 0 saturated carbocycles. The van der Waals surface area contributed by atoms with Gasteiger partial charge in [-0.15, -0.1) is 0 Å². The van der Waals surface area contributed by atoms with E-state index in [2.05, 4.69) is 48.6 Å². The van der Waals surface area contributed by atoms with Crippen molar-refractivity contribution in [2.75, 3.05) is 6.79 Å². The van der Waals surface area contributed by atoms with Crippen LogP contribution in [0, 0.1) is 0 Å². The van der Waals surface area contributed by atoms with Crippen molar-refractivity contribution in [1.82, 2.24) is 10.4 Å². The van der Waals surface area contributed by atoms with Gasteiger partial charge in [-0.05, 0) is 36.1 Å². The molecule has 1 atom stereocenters. The first kappa shape index (κ1) is 22.9. The SMILES string of the molecule is CC[C@H](C)c1ccc(-c2cc(C(=O)NN=Cc3cc4c(cc3Cl)OCO4)c3ccccc3n2)cc1. The van der Waals surface area contributed by atoms with Crippen molar-refractivity contribution >= 4 is 34.6 Å². The van der Waals surface area contributed by atoms with E-state index in [1.807, 2.05) is 24.3 Å². The van der Waals surface area contributed by atoms with E-state index in [9.17, 15) is 4.79 Å². The number of benzene rings is 3. The highest BCUT2D eigenvalue weighted by Crippen LogP contribution is 2.36. The summed E-state index contributed by atoms with van der Waals surface area (Å²) < 4.78 is 10.7. The first-order chi connectivity index (χ1) is 17.0. The van der Waals surface area contributed by atoms with Gasteiger partial charge in [-0.1, -0.05) is 67.9 Å². The molecule has 176 valence electrons. The minimum atomic E-state index is -0.339. The number of rotatable bonds is 6. The summed E-state index contributed by atoms with van der Waals surface area (Å²) in [6, 6.07) is 21.1. The summed E-state index contributed by atoms with van der Waals surface area (Å²) in [5.41, 5.74) is 7.42. The van der Waals surface area contributed by atoms with Gasteiger partial charge in [-0.2, -0.15) is 5.10 Å². The van der Waals surface area contributed by atoms with Crippen LogP contribution in [0.4, 0.5) is 0 Å². The number of nitrogens with zero attached hydrogens (tertiary/aromatic N) is 2. The van der Waals surface area contributed by atoms with Gasteiger partial charge in [0, 0.05) is 22.6 Å². The lowest BCUT2D eigenvalue weighted by Gasteiger charge is -2.11. The molecule has 7 heteroatoms. The van der Waals surface area contributed by atoms with Gasteiger partial charge in [0.1, 0.15) is 0 Å². The van der Waals surface area contributed by atoms with Gasteiger partial charge in [0.05, 0.1) is 28.0 Å². The van der Waals surface area contributed by atoms with Crippen molar-refractivity contribution in [1.29, 1.82) is 0 Å². The quantitative estimate of drug-likeness (QED) is 0.248. The predicted octanol–water partition coefficient (Wildman–Crippen LogP) is 6.56. The van der Waals surface area contributed by atoms with Crippen LogP contribution in [-0.2, 0) is 0 Å². The van der Waals surface area contributed by atoms with E-state index in [0.717, 1.165) is 28.6 Å². The van der Waals surface area contributed by atoms with Gasteiger partial charge in [-0.3, -0.25) is 4.79 Å². The Labute approximate surface area is 208 Å². The molecular weight excluding hydrogens is 462 g/mol. The maximum atomic E-state index is 13.2. The van der Waals surface area contributed by atoms with Gasteiger partial charge in [0.15, 0.2) is 11.5 Å². The van der Waals surface area contributed by atoms with Crippen LogP contribution in [0.2, 0.25) is 5.02 Å². The Morgan fingerprint density at radius 2 is 1.86 bits per heavy atom. The van der Waals surface area contributed by atoms with Gasteiger partial charge < -0.3 is 9.47 Å². The second-order valence-corrected chi connectivity index (χ2v) is 8.84. The number of hydrogen-bond acceptors (Lipinski definition) is 5. The number of halogens is 1. The van der Waals surface area contributed by atoms with Crippen LogP contribution in [0.3, 0.4) is 0 Å². The summed E-state index contributed by atoms with van der Waals surface area (Å²) in [6.07, 6.45) is 2.57. The van der Waals surface area contributed by atoms with E-state index < -0.39 is 0 Å². The van der Waals surface area contributed by atoms with Crippen LogP contribution in [0.15, 0.2) is 71.8 Å². The Kier molecular flexibility index (Phi) is 6.38. The zero-order chi connectivity index (χ0) is 24.4. The minimum absolute atomic E-state index is 0.154. The zero-order valence-electron chi connectivity index (χ0n) is 19.4. The van der Waals surface area contributed by atoms with Crippen molar-refractivity contribution in [3.05, 3.63) is 88.4 Å². The van der Waals surface area contributed by atoms with Crippen molar-refractivity contribution in [3.63, 3.8) is 0 Å². The molecule has 5 rings (SSSR count). The average Bonchev–Trinajstić information content (AvgIpc) is 3.34. The maximum absolute atomic E-state index is 13.2. The molecule has 0 bridgehead atoms. The van der Waals surface area contributed by atoms with Crippen LogP contribution < -0.4 is 14.9 Å². The lowest BCUT2D eigenvalue weighted by atomic mass is 9.96. The smallest absolute Gasteiger partial charge is 0.272 e. The first-order valence-electron chi connectivity index (χ1n) is 11.5. The molecule has 1 aromatic heterocycles. The monoisotopic (exact) mass is 485 g/mol. The lowest BCUT2D eigenvalue weighted by molar-refractivity contribution is 0.0956. The van der Waals surface area contributed by atoms with E-state index in [1.165, 1.54) is 11.8 Å². The molecule has 0 unspecified atom stereocenters. The number of pyridine rings is 1. The third kappa shape index (κ3) is 4.70. The molecule has 2 heterocycles. The second-order valence-electron chi connectivity index (χ2n) is 8.43. The summed E-state index contributed by atoms with van der Waals surface area (Å²) in [4.78, 5) is 18.0. The van der Waals surface area contributed by atoms with E-state index in [4.69, 9.17) is 26.1 Å². The second kappa shape index (κ2) is 9.76. The molecule has 6 nitrogen and oxygen atoms in total. The van der Waals surface area contributed by atoms with Crippen LogP contribution in [0.1, 0.15) is 47.7 Å². The van der Waals surface area contributed by atoms with Crippen molar-refractivity contribution < 1.29 is 14.3 Å².